The molecule has 36 heavy (non-hydrogen) atoms. The lowest BCUT2D eigenvalue weighted by molar-refractivity contribution is -0.126. The van der Waals surface area contributed by atoms with Gasteiger partial charge in [-0.25, -0.2) is 9.18 Å². The summed E-state index contributed by atoms with van der Waals surface area (Å²) in [7, 11) is 1.53. The van der Waals surface area contributed by atoms with Gasteiger partial charge in [0.05, 0.1) is 13.7 Å². The van der Waals surface area contributed by atoms with E-state index in [2.05, 4.69) is 10.6 Å². The first kappa shape index (κ1) is 24.7. The number of amides is 3. The van der Waals surface area contributed by atoms with Gasteiger partial charge in [0.1, 0.15) is 11.6 Å². The number of nitrogens with one attached hydrogen (secondary N) is 2. The van der Waals surface area contributed by atoms with Crippen LogP contribution < -0.4 is 15.4 Å². The van der Waals surface area contributed by atoms with E-state index < -0.39 is 18.2 Å². The van der Waals surface area contributed by atoms with Crippen molar-refractivity contribution in [3.05, 3.63) is 95.3 Å². The zero-order valence-electron chi connectivity index (χ0n) is 19.9. The van der Waals surface area contributed by atoms with Crippen molar-refractivity contribution in [1.29, 1.82) is 0 Å². The van der Waals surface area contributed by atoms with Crippen molar-refractivity contribution in [2.24, 2.45) is 0 Å². The van der Waals surface area contributed by atoms with E-state index >= 15 is 0 Å². The van der Waals surface area contributed by atoms with Crippen molar-refractivity contribution in [2.45, 2.75) is 25.6 Å². The molecule has 3 amide bonds. The predicted molar refractivity (Wildman–Crippen MR) is 131 cm³/mol. The smallest absolute Gasteiger partial charge is 0.411 e. The monoisotopic (exact) mass is 491 g/mol. The van der Waals surface area contributed by atoms with E-state index in [4.69, 9.17) is 9.47 Å². The molecule has 2 N–H and O–H groups in total. The number of halogens is 1. The number of hydrogen-bond acceptors (Lipinski definition) is 5. The van der Waals surface area contributed by atoms with E-state index in [0.29, 0.717) is 34.7 Å². The van der Waals surface area contributed by atoms with Crippen molar-refractivity contribution in [3.8, 4) is 5.75 Å². The first-order chi connectivity index (χ1) is 17.4. The summed E-state index contributed by atoms with van der Waals surface area (Å²) < 4.78 is 24.1. The quantitative estimate of drug-likeness (QED) is 0.490. The first-order valence-corrected chi connectivity index (χ1v) is 11.4. The largest absolute Gasteiger partial charge is 0.497 e. The van der Waals surface area contributed by atoms with Crippen LogP contribution in [0.4, 0.5) is 14.9 Å². The fourth-order valence-corrected chi connectivity index (χ4v) is 4.00. The Kier molecular flexibility index (Phi) is 7.48. The van der Waals surface area contributed by atoms with Crippen LogP contribution in [0.1, 0.15) is 34.5 Å². The Balaban J connectivity index is 1.53. The van der Waals surface area contributed by atoms with Gasteiger partial charge < -0.3 is 20.1 Å². The van der Waals surface area contributed by atoms with E-state index in [1.807, 2.05) is 0 Å². The second kappa shape index (κ2) is 10.9. The van der Waals surface area contributed by atoms with Gasteiger partial charge in [-0.15, -0.1) is 0 Å². The highest BCUT2D eigenvalue weighted by Crippen LogP contribution is 2.34. The molecule has 1 heterocycles. The maximum absolute atomic E-state index is 13.3. The first-order valence-electron chi connectivity index (χ1n) is 11.4. The average Bonchev–Trinajstić information content (AvgIpc) is 3.21. The third kappa shape index (κ3) is 5.46. The molecule has 0 saturated carbocycles. The van der Waals surface area contributed by atoms with Crippen LogP contribution in [0, 0.1) is 5.82 Å². The van der Waals surface area contributed by atoms with Gasteiger partial charge in [-0.3, -0.25) is 14.5 Å². The molecule has 2 unspecified atom stereocenters. The normalized spacial score (nSPS) is 16.9. The Morgan fingerprint density at radius 3 is 2.44 bits per heavy atom. The van der Waals surface area contributed by atoms with Crippen molar-refractivity contribution < 1.29 is 28.2 Å². The maximum Gasteiger partial charge on any atom is 0.411 e. The summed E-state index contributed by atoms with van der Waals surface area (Å²) in [5.74, 6) is -0.479. The lowest BCUT2D eigenvalue weighted by Gasteiger charge is -2.24. The molecule has 3 aromatic carbocycles. The molecule has 1 saturated heterocycles. The van der Waals surface area contributed by atoms with Crippen molar-refractivity contribution >= 4 is 23.6 Å². The molecule has 1 fully saturated rings. The Hall–Kier alpha value is -4.40. The van der Waals surface area contributed by atoms with E-state index in [-0.39, 0.29) is 24.2 Å². The SMILES string of the molecule is CCNC(=O)C1C(c2ccc(NC(=O)c3cccc(OC)c3)cc2)OC(=O)N1Cc1ccc(F)cc1. The molecule has 1 aliphatic rings. The summed E-state index contributed by atoms with van der Waals surface area (Å²) >= 11 is 0. The third-order valence-electron chi connectivity index (χ3n) is 5.80. The van der Waals surface area contributed by atoms with Crippen LogP contribution in [0.25, 0.3) is 0 Å². The van der Waals surface area contributed by atoms with Gasteiger partial charge in [0.2, 0.25) is 5.91 Å². The van der Waals surface area contributed by atoms with Gasteiger partial charge in [-0.05, 0) is 60.5 Å². The summed E-state index contributed by atoms with van der Waals surface area (Å²) in [6, 6.07) is 18.3. The second-order valence-corrected chi connectivity index (χ2v) is 8.21. The fraction of sp³-hybridized carbons (Fsp3) is 0.222. The molecule has 0 radical (unpaired) electrons. The number of likely N-dealkylation sites (N-methyl/N-ethyl adjacent to an activating group) is 1. The number of carbonyl (C=O) groups excluding carboxylic acids is 3. The van der Waals surface area contributed by atoms with Gasteiger partial charge in [-0.2, -0.15) is 0 Å². The Labute approximate surface area is 208 Å². The van der Waals surface area contributed by atoms with Gasteiger partial charge in [-0.1, -0.05) is 30.3 Å². The number of methoxy groups -OCH3 is 1. The molecule has 1 aliphatic heterocycles. The van der Waals surface area contributed by atoms with Crippen LogP contribution in [-0.2, 0) is 16.1 Å². The van der Waals surface area contributed by atoms with Crippen molar-refractivity contribution in [2.75, 3.05) is 19.0 Å². The van der Waals surface area contributed by atoms with Gasteiger partial charge in [0.25, 0.3) is 5.91 Å². The molecular formula is C27H26FN3O5. The van der Waals surface area contributed by atoms with E-state index in [9.17, 15) is 18.8 Å². The highest BCUT2D eigenvalue weighted by molar-refractivity contribution is 6.04. The molecule has 2 atom stereocenters. The van der Waals surface area contributed by atoms with Crippen LogP contribution in [-0.4, -0.2) is 42.5 Å². The number of carbonyl (C=O) groups is 3. The third-order valence-corrected chi connectivity index (χ3v) is 5.80. The highest BCUT2D eigenvalue weighted by atomic mass is 19.1. The standard InChI is InChI=1S/C27H26FN3O5/c1-3-29-26(33)23-24(36-27(34)31(23)16-17-7-11-20(28)12-8-17)18-9-13-21(14-10-18)30-25(32)19-5-4-6-22(15-19)35-2/h4-15,23-24H,3,16H2,1-2H3,(H,29,33)(H,30,32). The van der Waals surface area contributed by atoms with Crippen LogP contribution in [0.2, 0.25) is 0 Å². The number of benzene rings is 3. The summed E-state index contributed by atoms with van der Waals surface area (Å²) in [4.78, 5) is 39.6. The maximum atomic E-state index is 13.3. The average molecular weight is 492 g/mol. The number of hydrogen-bond donors (Lipinski definition) is 2. The minimum absolute atomic E-state index is 0.0894. The van der Waals surface area contributed by atoms with Gasteiger partial charge >= 0.3 is 6.09 Å². The lowest BCUT2D eigenvalue weighted by Crippen LogP contribution is -2.46. The molecule has 0 aromatic heterocycles. The van der Waals surface area contributed by atoms with Crippen molar-refractivity contribution in [1.82, 2.24) is 10.2 Å². The van der Waals surface area contributed by atoms with Crippen LogP contribution in [0.15, 0.2) is 72.8 Å². The summed E-state index contributed by atoms with van der Waals surface area (Å²) in [6.07, 6.45) is -1.50. The lowest BCUT2D eigenvalue weighted by atomic mass is 10.00. The fourth-order valence-electron chi connectivity index (χ4n) is 4.00. The molecule has 0 bridgehead atoms. The summed E-state index contributed by atoms with van der Waals surface area (Å²) in [5.41, 5.74) is 2.24. The highest BCUT2D eigenvalue weighted by Gasteiger charge is 2.46. The minimum atomic E-state index is -0.917. The van der Waals surface area contributed by atoms with Gasteiger partial charge in [0, 0.05) is 17.8 Å². The Morgan fingerprint density at radius 2 is 1.78 bits per heavy atom. The number of cyclic esters (lactones) is 1. The zero-order chi connectivity index (χ0) is 25.7. The molecule has 186 valence electrons. The van der Waals surface area contributed by atoms with E-state index in [1.165, 1.54) is 24.1 Å². The van der Waals surface area contributed by atoms with Crippen LogP contribution >= 0.6 is 0 Å². The topological polar surface area (TPSA) is 97.0 Å². The van der Waals surface area contributed by atoms with E-state index in [1.54, 1.807) is 67.6 Å². The molecule has 0 aliphatic carbocycles. The summed E-state index contributed by atoms with van der Waals surface area (Å²) in [5, 5.41) is 5.57. The molecule has 9 heteroatoms. The number of nitrogens with zero attached hydrogens (tertiary/aromatic N) is 1. The van der Waals surface area contributed by atoms with Crippen LogP contribution in [0.5, 0.6) is 5.75 Å². The molecule has 3 aromatic rings. The number of ether oxygens (including phenoxy) is 2. The summed E-state index contributed by atoms with van der Waals surface area (Å²) in [6.45, 7) is 2.26. The Bertz CT molecular complexity index is 1250. The predicted octanol–water partition coefficient (Wildman–Crippen LogP) is 4.28. The number of rotatable bonds is 8. The number of anilines is 1. The molecule has 8 nitrogen and oxygen atoms in total. The zero-order valence-corrected chi connectivity index (χ0v) is 19.9. The molecule has 4 rings (SSSR count). The molecular weight excluding hydrogens is 465 g/mol. The van der Waals surface area contributed by atoms with Gasteiger partial charge in [0.15, 0.2) is 12.1 Å². The Morgan fingerprint density at radius 1 is 1.06 bits per heavy atom. The van der Waals surface area contributed by atoms with E-state index in [0.717, 1.165) is 0 Å². The van der Waals surface area contributed by atoms with Crippen molar-refractivity contribution in [3.63, 3.8) is 0 Å². The minimum Gasteiger partial charge on any atom is -0.497 e. The second-order valence-electron chi connectivity index (χ2n) is 8.21. The van der Waals surface area contributed by atoms with Crippen LogP contribution in [0.3, 0.4) is 0 Å². The molecule has 0 spiro atoms.